The van der Waals surface area contributed by atoms with Crippen LogP contribution in [0.1, 0.15) is 43.1 Å². The second kappa shape index (κ2) is 8.02. The van der Waals surface area contributed by atoms with Crippen molar-refractivity contribution in [3.63, 3.8) is 0 Å². The average Bonchev–Trinajstić information content (AvgIpc) is 2.65. The molecule has 3 aromatic rings. The smallest absolute Gasteiger partial charge is 0.304 e. The summed E-state index contributed by atoms with van der Waals surface area (Å²) in [6, 6.07) is 5.59. The molecule has 2 aromatic heterocycles. The molecule has 1 fully saturated rings. The lowest BCUT2D eigenvalue weighted by Gasteiger charge is -2.43. The number of hydrogen-bond acceptors (Lipinski definition) is 5. The van der Waals surface area contributed by atoms with Gasteiger partial charge in [-0.25, -0.2) is 19.3 Å². The number of halogens is 4. The largest absolute Gasteiger partial charge is 0.383 e. The maximum absolute atomic E-state index is 15.2. The molecule has 164 valence electrons. The standard InChI is InChI=1S/C22H22BrF3N4O/c1-12-29-17-11-27-18(23)9-15(17)20(30-12)28-10-13-5-3-8-16(19(13)24)22(25,26)21(2,31)14-6-4-7-14/h3,5,8-9,11,14,31H,4,6-7,10H2,1-2H3,(H,28,29,30). The van der Waals surface area contributed by atoms with Crippen LogP contribution in [0.5, 0.6) is 0 Å². The van der Waals surface area contributed by atoms with Gasteiger partial charge in [0.05, 0.1) is 17.3 Å². The summed E-state index contributed by atoms with van der Waals surface area (Å²) in [6.07, 6.45) is 3.40. The molecule has 0 bridgehead atoms. The summed E-state index contributed by atoms with van der Waals surface area (Å²) in [6.45, 7) is 2.76. The molecule has 1 saturated carbocycles. The fourth-order valence-electron chi connectivity index (χ4n) is 3.89. The lowest BCUT2D eigenvalue weighted by atomic mass is 9.69. The third-order valence-electron chi connectivity index (χ3n) is 6.06. The van der Waals surface area contributed by atoms with Crippen molar-refractivity contribution in [3.8, 4) is 0 Å². The van der Waals surface area contributed by atoms with Crippen LogP contribution in [0.4, 0.5) is 19.0 Å². The van der Waals surface area contributed by atoms with Gasteiger partial charge < -0.3 is 10.4 Å². The predicted molar refractivity (Wildman–Crippen MR) is 115 cm³/mol. The molecule has 4 rings (SSSR count). The number of hydrogen-bond donors (Lipinski definition) is 2. The van der Waals surface area contributed by atoms with E-state index in [1.165, 1.54) is 12.1 Å². The van der Waals surface area contributed by atoms with Crippen LogP contribution < -0.4 is 5.32 Å². The number of alkyl halides is 2. The van der Waals surface area contributed by atoms with Crippen molar-refractivity contribution in [3.05, 3.63) is 57.8 Å². The van der Waals surface area contributed by atoms with Crippen molar-refractivity contribution in [2.75, 3.05) is 5.32 Å². The number of pyridine rings is 1. The summed E-state index contributed by atoms with van der Waals surface area (Å²) in [5, 5.41) is 14.3. The molecule has 1 aliphatic rings. The van der Waals surface area contributed by atoms with Crippen LogP contribution in [-0.2, 0) is 12.5 Å². The molecule has 1 aliphatic carbocycles. The number of aryl methyl sites for hydroxylation is 1. The van der Waals surface area contributed by atoms with Crippen molar-refractivity contribution in [2.24, 2.45) is 5.92 Å². The average molecular weight is 495 g/mol. The van der Waals surface area contributed by atoms with Crippen molar-refractivity contribution in [1.82, 2.24) is 15.0 Å². The van der Waals surface area contributed by atoms with Crippen molar-refractivity contribution in [1.29, 1.82) is 0 Å². The molecular formula is C22H22BrF3N4O. The van der Waals surface area contributed by atoms with E-state index in [0.29, 0.717) is 40.0 Å². The molecule has 5 nitrogen and oxygen atoms in total. The first-order valence-corrected chi connectivity index (χ1v) is 10.8. The van der Waals surface area contributed by atoms with Gasteiger partial charge in [-0.05, 0) is 60.7 Å². The second-order valence-electron chi connectivity index (χ2n) is 8.13. The summed E-state index contributed by atoms with van der Waals surface area (Å²) < 4.78 is 46.1. The highest BCUT2D eigenvalue weighted by atomic mass is 79.9. The second-order valence-corrected chi connectivity index (χ2v) is 8.94. The van der Waals surface area contributed by atoms with Crippen LogP contribution in [-0.4, -0.2) is 25.7 Å². The Labute approximate surface area is 186 Å². The number of nitrogens with one attached hydrogen (secondary N) is 1. The Bertz CT molecular complexity index is 1140. The van der Waals surface area contributed by atoms with Gasteiger partial charge in [0.25, 0.3) is 0 Å². The Balaban J connectivity index is 1.64. The molecule has 0 amide bonds. The van der Waals surface area contributed by atoms with Gasteiger partial charge in [-0.3, -0.25) is 0 Å². The van der Waals surface area contributed by atoms with Gasteiger partial charge in [0.1, 0.15) is 27.7 Å². The SMILES string of the molecule is Cc1nc(NCc2cccc(C(F)(F)C(C)(O)C3CCC3)c2F)c2cc(Br)ncc2n1. The third-order valence-corrected chi connectivity index (χ3v) is 6.49. The van der Waals surface area contributed by atoms with Crippen molar-refractivity contribution < 1.29 is 18.3 Å². The first kappa shape index (κ1) is 22.0. The van der Waals surface area contributed by atoms with Crippen molar-refractivity contribution >= 4 is 32.7 Å². The molecule has 2 heterocycles. The first-order valence-electron chi connectivity index (χ1n) is 10.0. The number of anilines is 1. The summed E-state index contributed by atoms with van der Waals surface area (Å²) in [5.74, 6) is -4.35. The molecule has 31 heavy (non-hydrogen) atoms. The third kappa shape index (κ3) is 3.89. The molecule has 0 spiro atoms. The van der Waals surface area contributed by atoms with Gasteiger partial charge in [-0.1, -0.05) is 18.6 Å². The van der Waals surface area contributed by atoms with Crippen LogP contribution in [0.2, 0.25) is 0 Å². The fourth-order valence-corrected chi connectivity index (χ4v) is 4.23. The zero-order chi connectivity index (χ0) is 22.4. The lowest BCUT2D eigenvalue weighted by Crippen LogP contribution is -2.52. The predicted octanol–water partition coefficient (Wildman–Crippen LogP) is 5.49. The number of aromatic nitrogens is 3. The number of nitrogens with zero attached hydrogens (tertiary/aromatic N) is 3. The Morgan fingerprint density at radius 1 is 1.26 bits per heavy atom. The van der Waals surface area contributed by atoms with Crippen LogP contribution in [0.25, 0.3) is 10.9 Å². The number of fused-ring (bicyclic) bond motifs is 1. The maximum atomic E-state index is 15.2. The molecule has 0 saturated heterocycles. The molecule has 1 atom stereocenters. The highest BCUT2D eigenvalue weighted by Gasteiger charge is 2.57. The summed E-state index contributed by atoms with van der Waals surface area (Å²) >= 11 is 3.30. The molecule has 9 heteroatoms. The Kier molecular flexibility index (Phi) is 5.68. The number of aliphatic hydroxyl groups is 1. The van der Waals surface area contributed by atoms with Crippen molar-refractivity contribution in [2.45, 2.75) is 51.2 Å². The monoisotopic (exact) mass is 494 g/mol. The minimum absolute atomic E-state index is 0.0547. The van der Waals surface area contributed by atoms with E-state index in [4.69, 9.17) is 0 Å². The van der Waals surface area contributed by atoms with Gasteiger partial charge in [0, 0.05) is 17.5 Å². The molecule has 2 N–H and O–H groups in total. The van der Waals surface area contributed by atoms with E-state index in [-0.39, 0.29) is 12.1 Å². The topological polar surface area (TPSA) is 70.9 Å². The molecule has 1 unspecified atom stereocenters. The quantitative estimate of drug-likeness (QED) is 0.443. The first-order chi connectivity index (χ1) is 14.6. The number of benzene rings is 1. The van der Waals surface area contributed by atoms with E-state index in [9.17, 15) is 5.11 Å². The molecule has 1 aromatic carbocycles. The van der Waals surface area contributed by atoms with E-state index in [1.807, 2.05) is 0 Å². The molecular weight excluding hydrogens is 473 g/mol. The number of rotatable bonds is 6. The van der Waals surface area contributed by atoms with Gasteiger partial charge in [0.2, 0.25) is 0 Å². The van der Waals surface area contributed by atoms with Crippen LogP contribution >= 0.6 is 15.9 Å². The zero-order valence-electron chi connectivity index (χ0n) is 17.1. The maximum Gasteiger partial charge on any atom is 0.304 e. The summed E-state index contributed by atoms with van der Waals surface area (Å²) in [5.41, 5.74) is -2.44. The highest BCUT2D eigenvalue weighted by Crippen LogP contribution is 2.50. The van der Waals surface area contributed by atoms with E-state index in [2.05, 4.69) is 36.2 Å². The Morgan fingerprint density at radius 2 is 2.00 bits per heavy atom. The van der Waals surface area contributed by atoms with Gasteiger partial charge in [-0.15, -0.1) is 0 Å². The van der Waals surface area contributed by atoms with Crippen LogP contribution in [0.15, 0.2) is 35.1 Å². The summed E-state index contributed by atoms with van der Waals surface area (Å²) in [4.78, 5) is 12.8. The van der Waals surface area contributed by atoms with Gasteiger partial charge >= 0.3 is 5.92 Å². The minimum Gasteiger partial charge on any atom is -0.383 e. The lowest BCUT2D eigenvalue weighted by molar-refractivity contribution is -0.218. The molecule has 0 aliphatic heterocycles. The summed E-state index contributed by atoms with van der Waals surface area (Å²) in [7, 11) is 0. The zero-order valence-corrected chi connectivity index (χ0v) is 18.7. The van der Waals surface area contributed by atoms with Crippen LogP contribution in [0, 0.1) is 18.7 Å². The van der Waals surface area contributed by atoms with E-state index in [0.717, 1.165) is 19.4 Å². The molecule has 0 radical (unpaired) electrons. The van der Waals surface area contributed by atoms with Crippen LogP contribution in [0.3, 0.4) is 0 Å². The normalized spacial score (nSPS) is 16.7. The van der Waals surface area contributed by atoms with Gasteiger partial charge in [-0.2, -0.15) is 8.78 Å². The van der Waals surface area contributed by atoms with E-state index in [1.54, 1.807) is 19.2 Å². The highest BCUT2D eigenvalue weighted by molar-refractivity contribution is 9.10. The van der Waals surface area contributed by atoms with E-state index >= 15 is 13.2 Å². The Morgan fingerprint density at radius 3 is 2.68 bits per heavy atom. The van der Waals surface area contributed by atoms with E-state index < -0.39 is 28.8 Å². The Hall–Kier alpha value is -2.26. The minimum atomic E-state index is -3.72. The van der Waals surface area contributed by atoms with Gasteiger partial charge in [0.15, 0.2) is 0 Å². The fraction of sp³-hybridized carbons (Fsp3) is 0.409.